The average molecular weight is 368 g/mol. The van der Waals surface area contributed by atoms with Crippen LogP contribution in [0.3, 0.4) is 0 Å². The summed E-state index contributed by atoms with van der Waals surface area (Å²) in [7, 11) is 0. The number of nitrogens with two attached hydrogens (primary N) is 1. The predicted octanol–water partition coefficient (Wildman–Crippen LogP) is 3.43. The molecular formula is C10H8Cl2IN3. The zero-order chi connectivity index (χ0) is 11.7. The number of rotatable bonds is 2. The summed E-state index contributed by atoms with van der Waals surface area (Å²) in [6.45, 7) is 0.522. The van der Waals surface area contributed by atoms with Gasteiger partial charge in [-0.05, 0) is 34.2 Å². The Morgan fingerprint density at radius 1 is 1.38 bits per heavy atom. The Hall–Kier alpha value is -0.460. The number of benzene rings is 1. The maximum absolute atomic E-state index is 6.09. The molecule has 0 spiro atoms. The second-order valence-corrected chi connectivity index (χ2v) is 5.20. The van der Waals surface area contributed by atoms with E-state index in [4.69, 9.17) is 28.9 Å². The molecule has 0 unspecified atom stereocenters. The summed E-state index contributed by atoms with van der Waals surface area (Å²) in [5.74, 6) is 0.636. The molecule has 0 amide bonds. The molecule has 0 radical (unpaired) electrons. The topological polar surface area (TPSA) is 43.8 Å². The number of hydrogen-bond acceptors (Lipinski definition) is 2. The van der Waals surface area contributed by atoms with Gasteiger partial charge in [0.1, 0.15) is 5.82 Å². The Bertz CT molecular complexity index is 525. The number of halogens is 3. The molecule has 0 aliphatic rings. The third-order valence-electron chi connectivity index (χ3n) is 2.18. The minimum Gasteiger partial charge on any atom is -0.383 e. The van der Waals surface area contributed by atoms with E-state index < -0.39 is 0 Å². The molecule has 0 atom stereocenters. The van der Waals surface area contributed by atoms with Gasteiger partial charge < -0.3 is 5.73 Å². The highest BCUT2D eigenvalue weighted by atomic mass is 127. The van der Waals surface area contributed by atoms with E-state index in [1.807, 2.05) is 12.1 Å². The van der Waals surface area contributed by atoms with Crippen LogP contribution in [0.25, 0.3) is 0 Å². The van der Waals surface area contributed by atoms with Crippen molar-refractivity contribution in [2.24, 2.45) is 0 Å². The van der Waals surface area contributed by atoms with Gasteiger partial charge in [-0.15, -0.1) is 0 Å². The van der Waals surface area contributed by atoms with Crippen LogP contribution in [0.4, 0.5) is 5.82 Å². The van der Waals surface area contributed by atoms with Crippen LogP contribution in [0.1, 0.15) is 5.56 Å². The number of nitrogen functional groups attached to an aromatic ring is 1. The zero-order valence-electron chi connectivity index (χ0n) is 8.12. The normalized spacial score (nSPS) is 10.7. The molecule has 0 saturated heterocycles. The molecule has 1 heterocycles. The molecule has 3 nitrogen and oxygen atoms in total. The van der Waals surface area contributed by atoms with Gasteiger partial charge in [0.05, 0.1) is 26.4 Å². The van der Waals surface area contributed by atoms with Crippen LogP contribution in [0.2, 0.25) is 10.0 Å². The monoisotopic (exact) mass is 367 g/mol. The Morgan fingerprint density at radius 2 is 2.12 bits per heavy atom. The molecular weight excluding hydrogens is 360 g/mol. The van der Waals surface area contributed by atoms with Gasteiger partial charge in [-0.25, -0.2) is 4.68 Å². The molecule has 0 aliphatic carbocycles. The predicted molar refractivity (Wildman–Crippen MR) is 74.9 cm³/mol. The Morgan fingerprint density at radius 3 is 2.75 bits per heavy atom. The lowest BCUT2D eigenvalue weighted by Crippen LogP contribution is -2.06. The number of aromatic nitrogens is 2. The number of anilines is 1. The Labute approximate surface area is 117 Å². The molecule has 0 fully saturated rings. The molecule has 0 aliphatic heterocycles. The smallest absolute Gasteiger partial charge is 0.135 e. The van der Waals surface area contributed by atoms with E-state index >= 15 is 0 Å². The fourth-order valence-corrected chi connectivity index (χ4v) is 2.11. The van der Waals surface area contributed by atoms with E-state index in [9.17, 15) is 0 Å². The minimum absolute atomic E-state index is 0.522. The van der Waals surface area contributed by atoms with Crippen molar-refractivity contribution >= 4 is 51.6 Å². The maximum atomic E-state index is 6.09. The van der Waals surface area contributed by atoms with Gasteiger partial charge in [0.15, 0.2) is 0 Å². The van der Waals surface area contributed by atoms with Crippen LogP contribution >= 0.6 is 45.8 Å². The van der Waals surface area contributed by atoms with Crippen LogP contribution in [0.15, 0.2) is 24.4 Å². The lowest BCUT2D eigenvalue weighted by Gasteiger charge is -2.07. The van der Waals surface area contributed by atoms with Gasteiger partial charge in [-0.3, -0.25) is 0 Å². The molecule has 6 heteroatoms. The second kappa shape index (κ2) is 4.81. The van der Waals surface area contributed by atoms with Crippen molar-refractivity contribution < 1.29 is 0 Å². The fourth-order valence-electron chi connectivity index (χ4n) is 1.33. The number of nitrogens with zero attached hydrogens (tertiary/aromatic N) is 2. The Balaban J connectivity index is 2.34. The van der Waals surface area contributed by atoms with E-state index in [0.717, 1.165) is 9.13 Å². The quantitative estimate of drug-likeness (QED) is 0.826. The molecule has 2 aromatic rings. The second-order valence-electron chi connectivity index (χ2n) is 3.25. The van der Waals surface area contributed by atoms with Crippen molar-refractivity contribution in [3.63, 3.8) is 0 Å². The summed E-state index contributed by atoms with van der Waals surface area (Å²) in [6.07, 6.45) is 1.72. The Kier molecular flexibility index (Phi) is 3.61. The van der Waals surface area contributed by atoms with Crippen molar-refractivity contribution in [3.8, 4) is 0 Å². The molecule has 2 N–H and O–H groups in total. The highest BCUT2D eigenvalue weighted by Crippen LogP contribution is 2.26. The first-order valence-corrected chi connectivity index (χ1v) is 6.32. The fraction of sp³-hybridized carbons (Fsp3) is 0.100. The molecule has 2 rings (SSSR count). The van der Waals surface area contributed by atoms with Crippen molar-refractivity contribution in [1.29, 1.82) is 0 Å². The lowest BCUT2D eigenvalue weighted by atomic mass is 10.2. The largest absolute Gasteiger partial charge is 0.383 e. The van der Waals surface area contributed by atoms with E-state index in [1.165, 1.54) is 0 Å². The summed E-state index contributed by atoms with van der Waals surface area (Å²) >= 11 is 14.2. The van der Waals surface area contributed by atoms with Gasteiger partial charge >= 0.3 is 0 Å². The highest BCUT2D eigenvalue weighted by molar-refractivity contribution is 14.1. The van der Waals surface area contributed by atoms with Crippen molar-refractivity contribution in [1.82, 2.24) is 9.78 Å². The van der Waals surface area contributed by atoms with Crippen molar-refractivity contribution in [3.05, 3.63) is 43.6 Å². The minimum atomic E-state index is 0.522. The maximum Gasteiger partial charge on any atom is 0.135 e. The molecule has 16 heavy (non-hydrogen) atoms. The SMILES string of the molecule is Nc1c(I)cnn1Cc1cccc(Cl)c1Cl. The summed E-state index contributed by atoms with van der Waals surface area (Å²) < 4.78 is 2.62. The zero-order valence-corrected chi connectivity index (χ0v) is 11.8. The van der Waals surface area contributed by atoms with Crippen LogP contribution in [-0.4, -0.2) is 9.78 Å². The molecule has 1 aromatic heterocycles. The standard InChI is InChI=1S/C10H8Cl2IN3/c11-7-3-1-2-6(9(7)12)5-16-10(14)8(13)4-15-16/h1-4H,5,14H2. The van der Waals surface area contributed by atoms with Crippen LogP contribution in [0.5, 0.6) is 0 Å². The summed E-state index contributed by atoms with van der Waals surface area (Å²) in [5, 5.41) is 5.26. The van der Waals surface area contributed by atoms with Gasteiger partial charge in [-0.2, -0.15) is 5.10 Å². The van der Waals surface area contributed by atoms with E-state index in [1.54, 1.807) is 16.9 Å². The third-order valence-corrected chi connectivity index (χ3v) is 3.87. The first-order chi connectivity index (χ1) is 7.59. The van der Waals surface area contributed by atoms with Gasteiger partial charge in [0.25, 0.3) is 0 Å². The number of hydrogen-bond donors (Lipinski definition) is 1. The van der Waals surface area contributed by atoms with E-state index in [2.05, 4.69) is 27.7 Å². The molecule has 1 aromatic carbocycles. The lowest BCUT2D eigenvalue weighted by molar-refractivity contribution is 0.697. The third kappa shape index (κ3) is 2.28. The molecule has 0 bridgehead atoms. The molecule has 0 saturated carbocycles. The van der Waals surface area contributed by atoms with Crippen molar-refractivity contribution in [2.75, 3.05) is 5.73 Å². The first kappa shape index (κ1) is 12.0. The van der Waals surface area contributed by atoms with Crippen LogP contribution in [0, 0.1) is 3.57 Å². The summed E-state index contributed by atoms with van der Waals surface area (Å²) in [4.78, 5) is 0. The van der Waals surface area contributed by atoms with Crippen molar-refractivity contribution in [2.45, 2.75) is 6.54 Å². The van der Waals surface area contributed by atoms with Crippen LogP contribution < -0.4 is 5.73 Å². The summed E-state index contributed by atoms with van der Waals surface area (Å²) in [6, 6.07) is 5.51. The van der Waals surface area contributed by atoms with E-state index in [0.29, 0.717) is 22.4 Å². The first-order valence-electron chi connectivity index (χ1n) is 4.49. The average Bonchev–Trinajstić information content (AvgIpc) is 2.57. The van der Waals surface area contributed by atoms with Gasteiger partial charge in [-0.1, -0.05) is 35.3 Å². The molecule has 84 valence electrons. The summed E-state index contributed by atoms with van der Waals surface area (Å²) in [5.41, 5.74) is 6.76. The van der Waals surface area contributed by atoms with Gasteiger partial charge in [0.2, 0.25) is 0 Å². The highest BCUT2D eigenvalue weighted by Gasteiger charge is 2.09. The van der Waals surface area contributed by atoms with Gasteiger partial charge in [0, 0.05) is 0 Å². The van der Waals surface area contributed by atoms with Crippen LogP contribution in [-0.2, 0) is 6.54 Å². The van der Waals surface area contributed by atoms with E-state index in [-0.39, 0.29) is 0 Å².